The lowest BCUT2D eigenvalue weighted by atomic mass is 9.73. The van der Waals surface area contributed by atoms with Crippen molar-refractivity contribution in [1.82, 2.24) is 0 Å². The lowest BCUT2D eigenvalue weighted by Crippen LogP contribution is -2.33. The van der Waals surface area contributed by atoms with Crippen molar-refractivity contribution in [3.05, 3.63) is 107 Å². The summed E-state index contributed by atoms with van der Waals surface area (Å²) < 4.78 is 6.02. The predicted molar refractivity (Wildman–Crippen MR) is 112 cm³/mol. The van der Waals surface area contributed by atoms with Crippen molar-refractivity contribution in [2.45, 2.75) is 31.8 Å². The minimum absolute atomic E-state index is 0.0486. The van der Waals surface area contributed by atoms with E-state index in [1.54, 1.807) is 12.1 Å². The average molecular weight is 388 g/mol. The molecule has 1 N–H and O–H groups in total. The number of ether oxygens (including phenoxy) is 1. The molecule has 3 rings (SSSR count). The highest BCUT2D eigenvalue weighted by Crippen LogP contribution is 2.43. The molecule has 3 aromatic rings. The smallest absolute Gasteiger partial charge is 0.339 e. The molecular weight excluding hydrogens is 364 g/mol. The molecule has 4 nitrogen and oxygen atoms in total. The third-order valence-corrected chi connectivity index (χ3v) is 5.45. The summed E-state index contributed by atoms with van der Waals surface area (Å²) in [5, 5.41) is 9.44. The Labute approximate surface area is 170 Å². The molecule has 0 heterocycles. The molecule has 0 bridgehead atoms. The summed E-state index contributed by atoms with van der Waals surface area (Å²) in [6.07, 6.45) is 0.148. The van der Waals surface area contributed by atoms with E-state index in [4.69, 9.17) is 4.74 Å². The molecule has 0 spiro atoms. The summed E-state index contributed by atoms with van der Waals surface area (Å²) in [5.74, 6) is -1.80. The molecule has 0 amide bonds. The van der Waals surface area contributed by atoms with E-state index in [1.165, 1.54) is 12.1 Å². The summed E-state index contributed by atoms with van der Waals surface area (Å²) in [6, 6.07) is 25.6. The van der Waals surface area contributed by atoms with Crippen LogP contribution in [0.15, 0.2) is 84.9 Å². The molecule has 0 aromatic heterocycles. The second kappa shape index (κ2) is 8.74. The predicted octanol–water partition coefficient (Wildman–Crippen LogP) is 5.65. The van der Waals surface area contributed by atoms with Crippen molar-refractivity contribution < 1.29 is 19.4 Å². The summed E-state index contributed by atoms with van der Waals surface area (Å²) in [4.78, 5) is 24.6. The first-order valence-corrected chi connectivity index (χ1v) is 9.61. The summed E-state index contributed by atoms with van der Waals surface area (Å²) in [5.41, 5.74) is 1.41. The number of carbonyl (C=O) groups is 2. The summed E-state index contributed by atoms with van der Waals surface area (Å²) >= 11 is 0. The van der Waals surface area contributed by atoms with E-state index in [0.29, 0.717) is 0 Å². The van der Waals surface area contributed by atoms with E-state index in [-0.39, 0.29) is 11.1 Å². The van der Waals surface area contributed by atoms with Gasteiger partial charge in [0, 0.05) is 5.41 Å². The van der Waals surface area contributed by atoms with Crippen LogP contribution in [-0.4, -0.2) is 17.0 Å². The van der Waals surface area contributed by atoms with Crippen LogP contribution < -0.4 is 0 Å². The van der Waals surface area contributed by atoms with Crippen LogP contribution >= 0.6 is 0 Å². The highest BCUT2D eigenvalue weighted by atomic mass is 16.5. The molecular formula is C25H24O4. The molecule has 148 valence electrons. The SMILES string of the molecule is CC[C@](C)(c1ccccc1)[C@H](OC(=O)c1ccccc1C(=O)O)c1ccccc1. The zero-order valence-electron chi connectivity index (χ0n) is 16.5. The van der Waals surface area contributed by atoms with E-state index < -0.39 is 23.5 Å². The molecule has 3 aromatic carbocycles. The molecule has 0 saturated carbocycles. The molecule has 2 atom stereocenters. The Kier molecular flexibility index (Phi) is 6.13. The number of hydrogen-bond donors (Lipinski definition) is 1. The number of rotatable bonds is 7. The Bertz CT molecular complexity index is 982. The van der Waals surface area contributed by atoms with Gasteiger partial charge in [0.05, 0.1) is 11.1 Å². The normalized spacial score (nSPS) is 13.9. The maximum atomic E-state index is 13.1. The van der Waals surface area contributed by atoms with Crippen LogP contribution in [0.1, 0.15) is 58.2 Å². The number of aromatic carboxylic acids is 1. The monoisotopic (exact) mass is 388 g/mol. The van der Waals surface area contributed by atoms with E-state index in [9.17, 15) is 14.7 Å². The molecule has 0 aliphatic carbocycles. The fourth-order valence-corrected chi connectivity index (χ4v) is 3.57. The van der Waals surface area contributed by atoms with Crippen LogP contribution in [0.5, 0.6) is 0 Å². The third-order valence-electron chi connectivity index (χ3n) is 5.45. The third kappa shape index (κ3) is 4.21. The average Bonchev–Trinajstić information content (AvgIpc) is 2.78. The Morgan fingerprint density at radius 2 is 1.38 bits per heavy atom. The van der Waals surface area contributed by atoms with Crippen LogP contribution in [0.25, 0.3) is 0 Å². The molecule has 0 unspecified atom stereocenters. The minimum atomic E-state index is -1.16. The van der Waals surface area contributed by atoms with Gasteiger partial charge in [0.15, 0.2) is 0 Å². The molecule has 29 heavy (non-hydrogen) atoms. The number of benzene rings is 3. The van der Waals surface area contributed by atoms with Gasteiger partial charge in [0.2, 0.25) is 0 Å². The number of esters is 1. The van der Waals surface area contributed by atoms with Gasteiger partial charge in [0.1, 0.15) is 6.10 Å². The summed E-state index contributed by atoms with van der Waals surface area (Å²) in [7, 11) is 0. The fraction of sp³-hybridized carbons (Fsp3) is 0.200. The lowest BCUT2D eigenvalue weighted by Gasteiger charge is -2.37. The van der Waals surface area contributed by atoms with Gasteiger partial charge in [-0.15, -0.1) is 0 Å². The van der Waals surface area contributed by atoms with Gasteiger partial charge in [-0.3, -0.25) is 0 Å². The zero-order chi connectivity index (χ0) is 20.9. The van der Waals surface area contributed by atoms with E-state index in [0.717, 1.165) is 17.5 Å². The van der Waals surface area contributed by atoms with Crippen molar-refractivity contribution >= 4 is 11.9 Å². The van der Waals surface area contributed by atoms with Crippen LogP contribution in [0, 0.1) is 0 Å². The first kappa shape index (κ1) is 20.3. The molecule has 0 saturated heterocycles. The van der Waals surface area contributed by atoms with Crippen molar-refractivity contribution in [2.75, 3.05) is 0 Å². The van der Waals surface area contributed by atoms with Gasteiger partial charge >= 0.3 is 11.9 Å². The summed E-state index contributed by atoms with van der Waals surface area (Å²) in [6.45, 7) is 4.12. The maximum Gasteiger partial charge on any atom is 0.339 e. The Hall–Kier alpha value is -3.40. The van der Waals surface area contributed by atoms with E-state index in [2.05, 4.69) is 13.8 Å². The molecule has 0 aliphatic heterocycles. The number of hydrogen-bond acceptors (Lipinski definition) is 3. The van der Waals surface area contributed by atoms with Crippen molar-refractivity contribution in [3.63, 3.8) is 0 Å². The first-order chi connectivity index (χ1) is 14.0. The van der Waals surface area contributed by atoms with Gasteiger partial charge in [0.25, 0.3) is 0 Å². The topological polar surface area (TPSA) is 63.6 Å². The first-order valence-electron chi connectivity index (χ1n) is 9.61. The van der Waals surface area contributed by atoms with Crippen molar-refractivity contribution in [2.24, 2.45) is 0 Å². The number of carboxylic acid groups (broad SMARTS) is 1. The molecule has 0 aliphatic rings. The Morgan fingerprint density at radius 1 is 0.862 bits per heavy atom. The second-order valence-electron chi connectivity index (χ2n) is 7.18. The Morgan fingerprint density at radius 3 is 1.93 bits per heavy atom. The van der Waals surface area contributed by atoms with Crippen LogP contribution in [0.4, 0.5) is 0 Å². The van der Waals surface area contributed by atoms with Crippen LogP contribution in [0.3, 0.4) is 0 Å². The maximum absolute atomic E-state index is 13.1. The van der Waals surface area contributed by atoms with Crippen molar-refractivity contribution in [3.8, 4) is 0 Å². The van der Waals surface area contributed by atoms with Gasteiger partial charge in [-0.25, -0.2) is 9.59 Å². The quantitative estimate of drug-likeness (QED) is 0.531. The van der Waals surface area contributed by atoms with Gasteiger partial charge < -0.3 is 9.84 Å². The lowest BCUT2D eigenvalue weighted by molar-refractivity contribution is 0.00568. The number of carboxylic acids is 1. The highest BCUT2D eigenvalue weighted by Gasteiger charge is 2.39. The van der Waals surface area contributed by atoms with Crippen LogP contribution in [-0.2, 0) is 10.2 Å². The number of carbonyl (C=O) groups excluding carboxylic acids is 1. The van der Waals surface area contributed by atoms with Gasteiger partial charge in [-0.1, -0.05) is 86.6 Å². The molecule has 0 fully saturated rings. The van der Waals surface area contributed by atoms with E-state index in [1.807, 2.05) is 60.7 Å². The zero-order valence-corrected chi connectivity index (χ0v) is 16.5. The van der Waals surface area contributed by atoms with E-state index >= 15 is 0 Å². The fourth-order valence-electron chi connectivity index (χ4n) is 3.57. The van der Waals surface area contributed by atoms with Crippen molar-refractivity contribution in [1.29, 1.82) is 0 Å². The highest BCUT2D eigenvalue weighted by molar-refractivity contribution is 6.02. The standard InChI is InChI=1S/C25H24O4/c1-3-25(2,19-14-8-5-9-15-19)22(18-12-6-4-7-13-18)29-24(28)21-17-11-10-16-20(21)23(26)27/h4-17,22H,3H2,1-2H3,(H,26,27)/t22-,25-/m1/s1. The minimum Gasteiger partial charge on any atom is -0.478 e. The second-order valence-corrected chi connectivity index (χ2v) is 7.18. The molecule has 4 heteroatoms. The van der Waals surface area contributed by atoms with Crippen LogP contribution in [0.2, 0.25) is 0 Å². The van der Waals surface area contributed by atoms with Gasteiger partial charge in [-0.2, -0.15) is 0 Å². The van der Waals surface area contributed by atoms with Gasteiger partial charge in [-0.05, 0) is 29.7 Å². The largest absolute Gasteiger partial charge is 0.478 e. The Balaban J connectivity index is 2.06. The molecule has 0 radical (unpaired) electrons.